The number of nitrogens with two attached hydrogens (primary N) is 1. The molecule has 0 aromatic carbocycles. The van der Waals surface area contributed by atoms with Gasteiger partial charge >= 0.3 is 6.09 Å². The van der Waals surface area contributed by atoms with Crippen molar-refractivity contribution < 1.29 is 14.3 Å². The average molecular weight is 257 g/mol. The molecular weight excluding hydrogens is 234 g/mol. The lowest BCUT2D eigenvalue weighted by atomic mass is 10.0. The third-order valence-corrected chi connectivity index (χ3v) is 2.81. The summed E-state index contributed by atoms with van der Waals surface area (Å²) < 4.78 is 5.18. The minimum atomic E-state index is -0.539. The molecule has 2 amide bonds. The zero-order valence-corrected chi connectivity index (χ0v) is 11.5. The predicted octanol–water partition coefficient (Wildman–Crippen LogP) is 0.459. The van der Waals surface area contributed by atoms with Crippen molar-refractivity contribution in [1.29, 1.82) is 0 Å². The van der Waals surface area contributed by atoms with Crippen LogP contribution in [0.3, 0.4) is 0 Å². The quantitative estimate of drug-likeness (QED) is 0.714. The second kappa shape index (κ2) is 5.56. The smallest absolute Gasteiger partial charge is 0.407 e. The van der Waals surface area contributed by atoms with E-state index in [2.05, 4.69) is 5.32 Å². The Kier molecular flexibility index (Phi) is 4.56. The van der Waals surface area contributed by atoms with Gasteiger partial charge in [-0.2, -0.15) is 0 Å². The largest absolute Gasteiger partial charge is 0.444 e. The maximum atomic E-state index is 11.7. The van der Waals surface area contributed by atoms with Gasteiger partial charge < -0.3 is 20.7 Å². The van der Waals surface area contributed by atoms with Gasteiger partial charge in [-0.25, -0.2) is 4.79 Å². The zero-order valence-electron chi connectivity index (χ0n) is 11.5. The standard InChI is InChI=1S/C12H23N3O3/c1-8(16)15-6-5-9(13)10(7-15)14-11(17)18-12(2,3)4/h9-10H,5-7,13H2,1-4H3,(H,14,17)/t9-,10+/m1/s1. The molecule has 1 heterocycles. The van der Waals surface area contributed by atoms with Crippen molar-refractivity contribution in [3.63, 3.8) is 0 Å². The van der Waals surface area contributed by atoms with E-state index in [1.165, 1.54) is 6.92 Å². The highest BCUT2D eigenvalue weighted by Crippen LogP contribution is 2.11. The summed E-state index contributed by atoms with van der Waals surface area (Å²) in [4.78, 5) is 24.6. The summed E-state index contributed by atoms with van der Waals surface area (Å²) in [7, 11) is 0. The molecule has 0 saturated carbocycles. The maximum absolute atomic E-state index is 11.7. The van der Waals surface area contributed by atoms with E-state index in [0.717, 1.165) is 0 Å². The fraction of sp³-hybridized carbons (Fsp3) is 0.833. The molecule has 1 saturated heterocycles. The van der Waals surface area contributed by atoms with Crippen LogP contribution in [0, 0.1) is 0 Å². The van der Waals surface area contributed by atoms with Crippen molar-refractivity contribution in [1.82, 2.24) is 10.2 Å². The third-order valence-electron chi connectivity index (χ3n) is 2.81. The van der Waals surface area contributed by atoms with Crippen LogP contribution in [0.15, 0.2) is 0 Å². The van der Waals surface area contributed by atoms with Crippen LogP contribution in [0.1, 0.15) is 34.1 Å². The van der Waals surface area contributed by atoms with E-state index in [1.807, 2.05) is 0 Å². The number of nitrogens with zero attached hydrogens (tertiary/aromatic N) is 1. The van der Waals surface area contributed by atoms with Crippen molar-refractivity contribution in [3.8, 4) is 0 Å². The normalized spacial score (nSPS) is 24.6. The van der Waals surface area contributed by atoms with Gasteiger partial charge in [0, 0.05) is 26.1 Å². The number of likely N-dealkylation sites (tertiary alicyclic amines) is 1. The first-order valence-corrected chi connectivity index (χ1v) is 6.19. The lowest BCUT2D eigenvalue weighted by Gasteiger charge is -2.37. The topological polar surface area (TPSA) is 84.7 Å². The molecule has 0 unspecified atom stereocenters. The molecule has 3 N–H and O–H groups in total. The molecule has 6 nitrogen and oxygen atoms in total. The molecule has 2 atom stereocenters. The van der Waals surface area contributed by atoms with Gasteiger partial charge in [-0.1, -0.05) is 0 Å². The predicted molar refractivity (Wildman–Crippen MR) is 68.0 cm³/mol. The molecule has 0 spiro atoms. The van der Waals surface area contributed by atoms with Crippen molar-refractivity contribution in [2.24, 2.45) is 5.73 Å². The summed E-state index contributed by atoms with van der Waals surface area (Å²) in [6.45, 7) is 8.00. The molecule has 6 heteroatoms. The number of hydrogen-bond acceptors (Lipinski definition) is 4. The Bertz CT molecular complexity index is 325. The minimum Gasteiger partial charge on any atom is -0.444 e. The van der Waals surface area contributed by atoms with E-state index in [-0.39, 0.29) is 18.0 Å². The van der Waals surface area contributed by atoms with E-state index >= 15 is 0 Å². The summed E-state index contributed by atoms with van der Waals surface area (Å²) in [6, 6.07) is -0.398. The molecule has 0 aromatic heterocycles. The number of carbonyl (C=O) groups excluding carboxylic acids is 2. The van der Waals surface area contributed by atoms with E-state index in [1.54, 1.807) is 25.7 Å². The molecule has 104 valence electrons. The molecule has 1 rings (SSSR count). The van der Waals surface area contributed by atoms with Gasteiger partial charge in [0.1, 0.15) is 5.60 Å². The van der Waals surface area contributed by atoms with Crippen molar-refractivity contribution in [2.45, 2.75) is 51.8 Å². The zero-order chi connectivity index (χ0) is 13.9. The van der Waals surface area contributed by atoms with Crippen LogP contribution in [0.25, 0.3) is 0 Å². The van der Waals surface area contributed by atoms with Gasteiger partial charge in [-0.15, -0.1) is 0 Å². The molecule has 1 aliphatic rings. The number of piperidine rings is 1. The summed E-state index contributed by atoms with van der Waals surface area (Å²) in [5.74, 6) is -0.00195. The highest BCUT2D eigenvalue weighted by atomic mass is 16.6. The molecule has 18 heavy (non-hydrogen) atoms. The first-order chi connectivity index (χ1) is 8.19. The SMILES string of the molecule is CC(=O)N1CC[C@@H](N)[C@@H](NC(=O)OC(C)(C)C)C1. The Hall–Kier alpha value is -1.30. The summed E-state index contributed by atoms with van der Waals surface area (Å²) in [5.41, 5.74) is 5.41. The lowest BCUT2D eigenvalue weighted by molar-refractivity contribution is -0.130. The number of alkyl carbamates (subject to hydrolysis) is 1. The third kappa shape index (κ3) is 4.52. The van der Waals surface area contributed by atoms with Crippen molar-refractivity contribution >= 4 is 12.0 Å². The van der Waals surface area contributed by atoms with Gasteiger partial charge in [0.25, 0.3) is 0 Å². The number of nitrogens with one attached hydrogen (secondary N) is 1. The highest BCUT2D eigenvalue weighted by molar-refractivity contribution is 5.73. The summed E-state index contributed by atoms with van der Waals surface area (Å²) >= 11 is 0. The fourth-order valence-corrected chi connectivity index (χ4v) is 1.87. The number of rotatable bonds is 1. The van der Waals surface area contributed by atoms with Crippen LogP contribution in [-0.2, 0) is 9.53 Å². The molecule has 1 fully saturated rings. The Morgan fingerprint density at radius 1 is 1.39 bits per heavy atom. The Balaban J connectivity index is 2.53. The Morgan fingerprint density at radius 2 is 2.00 bits per heavy atom. The van der Waals surface area contributed by atoms with Crippen LogP contribution in [0.2, 0.25) is 0 Å². The average Bonchev–Trinajstić information content (AvgIpc) is 2.18. The molecule has 0 bridgehead atoms. The van der Waals surface area contributed by atoms with Gasteiger partial charge in [-0.05, 0) is 27.2 Å². The van der Waals surface area contributed by atoms with Crippen LogP contribution in [0.5, 0.6) is 0 Å². The fourth-order valence-electron chi connectivity index (χ4n) is 1.87. The Morgan fingerprint density at radius 3 is 2.50 bits per heavy atom. The molecule has 0 radical (unpaired) electrons. The lowest BCUT2D eigenvalue weighted by Crippen LogP contribution is -2.59. The van der Waals surface area contributed by atoms with Gasteiger partial charge in [0.2, 0.25) is 5.91 Å². The van der Waals surface area contributed by atoms with Crippen molar-refractivity contribution in [3.05, 3.63) is 0 Å². The first kappa shape index (κ1) is 14.8. The molecular formula is C12H23N3O3. The highest BCUT2D eigenvalue weighted by Gasteiger charge is 2.30. The van der Waals surface area contributed by atoms with E-state index in [9.17, 15) is 9.59 Å². The van der Waals surface area contributed by atoms with E-state index in [4.69, 9.17) is 10.5 Å². The van der Waals surface area contributed by atoms with Crippen LogP contribution < -0.4 is 11.1 Å². The summed E-state index contributed by atoms with van der Waals surface area (Å²) in [5, 5.41) is 2.73. The summed E-state index contributed by atoms with van der Waals surface area (Å²) in [6.07, 6.45) is 0.188. The number of amides is 2. The van der Waals surface area contributed by atoms with Crippen molar-refractivity contribution in [2.75, 3.05) is 13.1 Å². The Labute approximate surface area is 108 Å². The van der Waals surface area contributed by atoms with Crippen LogP contribution >= 0.6 is 0 Å². The second-order valence-corrected chi connectivity index (χ2v) is 5.67. The van der Waals surface area contributed by atoms with Crippen LogP contribution in [0.4, 0.5) is 4.79 Å². The maximum Gasteiger partial charge on any atom is 0.407 e. The number of carbonyl (C=O) groups is 2. The van der Waals surface area contributed by atoms with Gasteiger partial charge in [0.05, 0.1) is 6.04 Å². The van der Waals surface area contributed by atoms with Crippen LogP contribution in [-0.4, -0.2) is 47.7 Å². The molecule has 0 aliphatic carbocycles. The monoisotopic (exact) mass is 257 g/mol. The molecule has 1 aliphatic heterocycles. The first-order valence-electron chi connectivity index (χ1n) is 6.19. The van der Waals surface area contributed by atoms with Gasteiger partial charge in [0.15, 0.2) is 0 Å². The second-order valence-electron chi connectivity index (χ2n) is 5.67. The molecule has 0 aromatic rings. The van der Waals surface area contributed by atoms with E-state index in [0.29, 0.717) is 19.5 Å². The number of ether oxygens (including phenoxy) is 1. The number of hydrogen-bond donors (Lipinski definition) is 2. The van der Waals surface area contributed by atoms with Gasteiger partial charge in [-0.3, -0.25) is 4.79 Å². The van der Waals surface area contributed by atoms with E-state index < -0.39 is 11.7 Å². The minimum absolute atomic E-state index is 0.00195.